The number of fused-ring (bicyclic) bond motifs is 1. The minimum Gasteiger partial charge on any atom is -0.367 e. The molecule has 0 atom stereocenters. The summed E-state index contributed by atoms with van der Waals surface area (Å²) in [6, 6.07) is 6.22. The monoisotopic (exact) mass is 271 g/mol. The zero-order valence-corrected chi connectivity index (χ0v) is 11.4. The molecule has 104 valence electrons. The second-order valence-corrected chi connectivity index (χ2v) is 5.08. The first kappa shape index (κ1) is 12.7. The number of benzene rings is 1. The zero-order valence-electron chi connectivity index (χ0n) is 11.4. The largest absolute Gasteiger partial charge is 0.367 e. The summed E-state index contributed by atoms with van der Waals surface area (Å²) in [6.45, 7) is 2.98. The van der Waals surface area contributed by atoms with Gasteiger partial charge in [-0.25, -0.2) is 9.67 Å². The lowest BCUT2D eigenvalue weighted by Gasteiger charge is -2.29. The number of aryl methyl sites for hydroxylation is 2. The highest BCUT2D eigenvalue weighted by atomic mass is 16.2. The van der Waals surface area contributed by atoms with Crippen molar-refractivity contribution < 1.29 is 4.79 Å². The molecule has 6 nitrogen and oxygen atoms in total. The number of nitrogen functional groups attached to an aromatic ring is 1. The second-order valence-electron chi connectivity index (χ2n) is 5.08. The van der Waals surface area contributed by atoms with Crippen molar-refractivity contribution in [2.45, 2.75) is 26.3 Å². The summed E-state index contributed by atoms with van der Waals surface area (Å²) in [5, 5.41) is 3.95. The lowest BCUT2D eigenvalue weighted by molar-refractivity contribution is -0.119. The molecule has 2 aromatic rings. The van der Waals surface area contributed by atoms with Crippen LogP contribution in [-0.2, 0) is 17.8 Å². The van der Waals surface area contributed by atoms with E-state index in [9.17, 15) is 4.79 Å². The van der Waals surface area contributed by atoms with Crippen LogP contribution >= 0.6 is 0 Å². The van der Waals surface area contributed by atoms with Gasteiger partial charge >= 0.3 is 0 Å². The Morgan fingerprint density at radius 3 is 3.05 bits per heavy atom. The number of rotatable bonds is 2. The molecule has 2 heterocycles. The van der Waals surface area contributed by atoms with Crippen molar-refractivity contribution in [3.05, 3.63) is 35.7 Å². The van der Waals surface area contributed by atoms with Crippen LogP contribution in [0.1, 0.15) is 17.5 Å². The number of amides is 1. The highest BCUT2D eigenvalue weighted by Crippen LogP contribution is 2.28. The predicted molar refractivity (Wildman–Crippen MR) is 76.3 cm³/mol. The molecule has 1 aliphatic heterocycles. The molecule has 0 aliphatic carbocycles. The minimum atomic E-state index is 0.0136. The Kier molecular flexibility index (Phi) is 3.14. The zero-order chi connectivity index (χ0) is 14.1. The van der Waals surface area contributed by atoms with Crippen molar-refractivity contribution in [3.63, 3.8) is 0 Å². The fourth-order valence-corrected chi connectivity index (χ4v) is 2.59. The number of anilines is 2. The van der Waals surface area contributed by atoms with E-state index >= 15 is 0 Å². The molecule has 3 rings (SSSR count). The Bertz CT molecular complexity index is 649. The number of nitrogens with zero attached hydrogens (tertiary/aromatic N) is 4. The van der Waals surface area contributed by atoms with Crippen LogP contribution in [0.5, 0.6) is 0 Å². The van der Waals surface area contributed by atoms with Gasteiger partial charge in [0.25, 0.3) is 0 Å². The summed E-state index contributed by atoms with van der Waals surface area (Å²) in [4.78, 5) is 18.1. The molecule has 1 aromatic heterocycles. The van der Waals surface area contributed by atoms with Crippen molar-refractivity contribution in [1.29, 1.82) is 0 Å². The first-order chi connectivity index (χ1) is 9.63. The summed E-state index contributed by atoms with van der Waals surface area (Å²) >= 11 is 0. The first-order valence-electron chi connectivity index (χ1n) is 6.68. The fourth-order valence-electron chi connectivity index (χ4n) is 2.59. The molecule has 0 saturated carbocycles. The Morgan fingerprint density at radius 2 is 2.30 bits per heavy atom. The van der Waals surface area contributed by atoms with E-state index < -0.39 is 0 Å². The molecule has 2 N–H and O–H groups in total. The SMILES string of the molecule is Cc1ccc2c(c1)CCCN2C(=O)Cn1cnc(N)n1. The van der Waals surface area contributed by atoms with Crippen LogP contribution in [-0.4, -0.2) is 27.2 Å². The van der Waals surface area contributed by atoms with E-state index in [0.717, 1.165) is 25.1 Å². The van der Waals surface area contributed by atoms with E-state index in [2.05, 4.69) is 23.1 Å². The van der Waals surface area contributed by atoms with E-state index in [-0.39, 0.29) is 18.4 Å². The highest BCUT2D eigenvalue weighted by Gasteiger charge is 2.22. The fraction of sp³-hybridized carbons (Fsp3) is 0.357. The molecular weight excluding hydrogens is 254 g/mol. The number of carbonyl (C=O) groups is 1. The van der Waals surface area contributed by atoms with Gasteiger partial charge in [-0.15, -0.1) is 5.10 Å². The molecule has 6 heteroatoms. The number of hydrogen-bond acceptors (Lipinski definition) is 4. The van der Waals surface area contributed by atoms with Gasteiger partial charge in [-0.1, -0.05) is 17.7 Å². The van der Waals surface area contributed by atoms with Crippen LogP contribution in [0.4, 0.5) is 11.6 Å². The van der Waals surface area contributed by atoms with Crippen LogP contribution < -0.4 is 10.6 Å². The van der Waals surface area contributed by atoms with Gasteiger partial charge < -0.3 is 10.6 Å². The first-order valence-corrected chi connectivity index (χ1v) is 6.68. The van der Waals surface area contributed by atoms with Gasteiger partial charge in [0.15, 0.2) is 0 Å². The molecule has 0 radical (unpaired) electrons. The van der Waals surface area contributed by atoms with Crippen molar-refractivity contribution in [2.24, 2.45) is 0 Å². The summed E-state index contributed by atoms with van der Waals surface area (Å²) in [5.41, 5.74) is 8.93. The Labute approximate surface area is 117 Å². The van der Waals surface area contributed by atoms with Gasteiger partial charge in [0.05, 0.1) is 0 Å². The molecule has 0 spiro atoms. The topological polar surface area (TPSA) is 77.0 Å². The van der Waals surface area contributed by atoms with Crippen molar-refractivity contribution in [1.82, 2.24) is 14.8 Å². The minimum absolute atomic E-state index is 0.0136. The Balaban J connectivity index is 1.83. The van der Waals surface area contributed by atoms with Crippen molar-refractivity contribution in [2.75, 3.05) is 17.2 Å². The van der Waals surface area contributed by atoms with Crippen LogP contribution in [0, 0.1) is 6.92 Å². The molecular formula is C14H17N5O. The maximum atomic E-state index is 12.4. The lowest BCUT2D eigenvalue weighted by atomic mass is 9.99. The van der Waals surface area contributed by atoms with E-state index in [1.54, 1.807) is 0 Å². The van der Waals surface area contributed by atoms with Crippen LogP contribution in [0.3, 0.4) is 0 Å². The summed E-state index contributed by atoms with van der Waals surface area (Å²) < 4.78 is 1.47. The number of carbonyl (C=O) groups excluding carboxylic acids is 1. The third-order valence-corrected chi connectivity index (χ3v) is 3.51. The maximum Gasteiger partial charge on any atom is 0.248 e. The van der Waals surface area contributed by atoms with Crippen LogP contribution in [0.15, 0.2) is 24.5 Å². The molecule has 20 heavy (non-hydrogen) atoms. The lowest BCUT2D eigenvalue weighted by Crippen LogP contribution is -2.37. The van der Waals surface area contributed by atoms with Crippen LogP contribution in [0.2, 0.25) is 0 Å². The number of nitrogens with two attached hydrogens (primary N) is 1. The Hall–Kier alpha value is -2.37. The molecule has 0 bridgehead atoms. The third-order valence-electron chi connectivity index (χ3n) is 3.51. The summed E-state index contributed by atoms with van der Waals surface area (Å²) in [5.74, 6) is 0.201. The molecule has 1 amide bonds. The van der Waals surface area contributed by atoms with Gasteiger partial charge in [-0.2, -0.15) is 0 Å². The van der Waals surface area contributed by atoms with E-state index in [1.807, 2.05) is 17.0 Å². The predicted octanol–water partition coefficient (Wildman–Crippen LogP) is 1.15. The van der Waals surface area contributed by atoms with E-state index in [4.69, 9.17) is 5.73 Å². The van der Waals surface area contributed by atoms with E-state index in [0.29, 0.717) is 0 Å². The van der Waals surface area contributed by atoms with E-state index in [1.165, 1.54) is 22.1 Å². The standard InChI is InChI=1S/C14H17N5O/c1-10-4-5-12-11(7-10)3-2-6-19(12)13(20)8-18-9-16-14(15)17-18/h4-5,7,9H,2-3,6,8H2,1H3,(H2,15,17). The van der Waals surface area contributed by atoms with Gasteiger partial charge in [0, 0.05) is 12.2 Å². The molecule has 0 saturated heterocycles. The highest BCUT2D eigenvalue weighted by molar-refractivity contribution is 5.94. The smallest absolute Gasteiger partial charge is 0.248 e. The van der Waals surface area contributed by atoms with Gasteiger partial charge in [0.1, 0.15) is 12.9 Å². The second kappa shape index (κ2) is 4.96. The normalized spacial score (nSPS) is 14.2. The molecule has 1 aromatic carbocycles. The van der Waals surface area contributed by atoms with Crippen molar-refractivity contribution >= 4 is 17.5 Å². The quantitative estimate of drug-likeness (QED) is 0.888. The molecule has 0 unspecified atom stereocenters. The average molecular weight is 271 g/mol. The number of aromatic nitrogens is 3. The van der Waals surface area contributed by atoms with Gasteiger partial charge in [-0.3, -0.25) is 4.79 Å². The maximum absolute atomic E-state index is 12.4. The third kappa shape index (κ3) is 2.36. The average Bonchev–Trinajstić information content (AvgIpc) is 2.83. The van der Waals surface area contributed by atoms with Gasteiger partial charge in [-0.05, 0) is 31.4 Å². The molecule has 1 aliphatic rings. The number of hydrogen-bond donors (Lipinski definition) is 1. The Morgan fingerprint density at radius 1 is 1.45 bits per heavy atom. The summed E-state index contributed by atoms with van der Waals surface area (Å²) in [7, 11) is 0. The van der Waals surface area contributed by atoms with Crippen molar-refractivity contribution in [3.8, 4) is 0 Å². The molecule has 0 fully saturated rings. The van der Waals surface area contributed by atoms with Gasteiger partial charge in [0.2, 0.25) is 11.9 Å². The van der Waals surface area contributed by atoms with Crippen LogP contribution in [0.25, 0.3) is 0 Å². The summed E-state index contributed by atoms with van der Waals surface area (Å²) in [6.07, 6.45) is 3.49.